The van der Waals surface area contributed by atoms with Crippen molar-refractivity contribution >= 4 is 23.2 Å². The zero-order chi connectivity index (χ0) is 17.7. The summed E-state index contributed by atoms with van der Waals surface area (Å²) in [6, 6.07) is 10.4. The molecule has 0 fully saturated rings. The summed E-state index contributed by atoms with van der Waals surface area (Å²) >= 11 is 0. The van der Waals surface area contributed by atoms with Crippen molar-refractivity contribution in [2.75, 3.05) is 24.9 Å². The summed E-state index contributed by atoms with van der Waals surface area (Å²) in [5, 5.41) is 5.15. The molecule has 126 valence electrons. The first-order chi connectivity index (χ1) is 11.5. The van der Waals surface area contributed by atoms with E-state index in [-0.39, 0.29) is 0 Å². The molecule has 0 radical (unpaired) electrons. The summed E-state index contributed by atoms with van der Waals surface area (Å²) in [6.07, 6.45) is 0. The number of ether oxygens (including phenoxy) is 2. The molecule has 2 aromatic rings. The Morgan fingerprint density at radius 2 is 1.54 bits per heavy atom. The number of rotatable bonds is 4. The Balaban J connectivity index is 2.12. The average molecular weight is 328 g/mol. The Labute approximate surface area is 140 Å². The molecule has 2 rings (SSSR count). The maximum absolute atomic E-state index is 12.1. The van der Waals surface area contributed by atoms with Gasteiger partial charge in [-0.05, 0) is 43.2 Å². The molecule has 24 heavy (non-hydrogen) atoms. The average Bonchev–Trinajstić information content (AvgIpc) is 2.59. The van der Waals surface area contributed by atoms with Crippen LogP contribution in [0.1, 0.15) is 11.1 Å². The summed E-state index contributed by atoms with van der Waals surface area (Å²) in [5.41, 5.74) is 2.95. The lowest BCUT2D eigenvalue weighted by atomic mass is 10.1. The van der Waals surface area contributed by atoms with Gasteiger partial charge in [-0.15, -0.1) is 0 Å². The number of methoxy groups -OCH3 is 2. The normalized spacial score (nSPS) is 10.0. The van der Waals surface area contributed by atoms with Gasteiger partial charge in [0.05, 0.1) is 19.9 Å². The Hall–Kier alpha value is -3.02. The van der Waals surface area contributed by atoms with Crippen LogP contribution in [-0.2, 0) is 9.59 Å². The van der Waals surface area contributed by atoms with E-state index in [4.69, 9.17) is 9.47 Å². The molecule has 0 saturated heterocycles. The highest BCUT2D eigenvalue weighted by Crippen LogP contribution is 2.29. The zero-order valence-corrected chi connectivity index (χ0v) is 14.1. The van der Waals surface area contributed by atoms with Gasteiger partial charge in [-0.1, -0.05) is 12.1 Å². The Morgan fingerprint density at radius 3 is 2.17 bits per heavy atom. The van der Waals surface area contributed by atoms with E-state index >= 15 is 0 Å². The van der Waals surface area contributed by atoms with Crippen LogP contribution < -0.4 is 20.1 Å². The topological polar surface area (TPSA) is 76.7 Å². The van der Waals surface area contributed by atoms with E-state index in [1.165, 1.54) is 14.2 Å². The highest BCUT2D eigenvalue weighted by atomic mass is 16.5. The number of carbonyl (C=O) groups excluding carboxylic acids is 2. The van der Waals surface area contributed by atoms with Crippen molar-refractivity contribution in [3.8, 4) is 11.5 Å². The molecule has 2 aromatic carbocycles. The van der Waals surface area contributed by atoms with E-state index in [2.05, 4.69) is 10.6 Å². The molecule has 0 atom stereocenters. The lowest BCUT2D eigenvalue weighted by molar-refractivity contribution is -0.133. The molecule has 6 heteroatoms. The zero-order valence-electron chi connectivity index (χ0n) is 14.1. The van der Waals surface area contributed by atoms with Gasteiger partial charge in [-0.3, -0.25) is 9.59 Å². The van der Waals surface area contributed by atoms with E-state index < -0.39 is 11.8 Å². The van der Waals surface area contributed by atoms with Gasteiger partial charge in [-0.25, -0.2) is 0 Å². The van der Waals surface area contributed by atoms with Crippen molar-refractivity contribution in [3.05, 3.63) is 47.5 Å². The fraction of sp³-hybridized carbons (Fsp3) is 0.222. The summed E-state index contributed by atoms with van der Waals surface area (Å²) < 4.78 is 10.3. The second-order valence-electron chi connectivity index (χ2n) is 5.22. The third-order valence-electron chi connectivity index (χ3n) is 3.72. The van der Waals surface area contributed by atoms with E-state index in [1.807, 2.05) is 26.0 Å². The number of carbonyl (C=O) groups is 2. The van der Waals surface area contributed by atoms with Crippen LogP contribution in [0.2, 0.25) is 0 Å². The second kappa shape index (κ2) is 7.50. The summed E-state index contributed by atoms with van der Waals surface area (Å²) in [7, 11) is 3.01. The minimum atomic E-state index is -0.778. The monoisotopic (exact) mass is 328 g/mol. The number of anilines is 2. The molecule has 0 unspecified atom stereocenters. The van der Waals surface area contributed by atoms with E-state index in [1.54, 1.807) is 24.3 Å². The molecule has 0 heterocycles. The minimum Gasteiger partial charge on any atom is -0.497 e. The third kappa shape index (κ3) is 3.84. The highest BCUT2D eigenvalue weighted by Gasteiger charge is 2.17. The second-order valence-corrected chi connectivity index (χ2v) is 5.22. The standard InChI is InChI=1S/C18H20N2O4/c1-11-6-5-7-14(12(11)2)19-17(21)18(22)20-15-9-8-13(23-3)10-16(15)24-4/h5-10H,1-4H3,(H,19,21)(H,20,22). The van der Waals surface area contributed by atoms with Crippen molar-refractivity contribution in [1.29, 1.82) is 0 Å². The predicted octanol–water partition coefficient (Wildman–Crippen LogP) is 2.90. The number of hydrogen-bond acceptors (Lipinski definition) is 4. The fourth-order valence-electron chi connectivity index (χ4n) is 2.15. The van der Waals surface area contributed by atoms with Crippen LogP contribution in [-0.4, -0.2) is 26.0 Å². The van der Waals surface area contributed by atoms with Crippen LogP contribution >= 0.6 is 0 Å². The fourth-order valence-corrected chi connectivity index (χ4v) is 2.15. The molecule has 0 aromatic heterocycles. The Bertz CT molecular complexity index is 772. The first-order valence-corrected chi connectivity index (χ1v) is 7.37. The number of aryl methyl sites for hydroxylation is 1. The molecule has 0 bridgehead atoms. The Kier molecular flexibility index (Phi) is 5.42. The number of nitrogens with one attached hydrogen (secondary N) is 2. The lowest BCUT2D eigenvalue weighted by Crippen LogP contribution is -2.29. The van der Waals surface area contributed by atoms with Crippen LogP contribution in [0, 0.1) is 13.8 Å². The van der Waals surface area contributed by atoms with E-state index in [0.717, 1.165) is 11.1 Å². The minimum absolute atomic E-state index is 0.388. The molecule has 0 aliphatic rings. The molecule has 6 nitrogen and oxygen atoms in total. The SMILES string of the molecule is COc1ccc(NC(=O)C(=O)Nc2cccc(C)c2C)c(OC)c1. The quantitative estimate of drug-likeness (QED) is 0.846. The summed E-state index contributed by atoms with van der Waals surface area (Å²) in [4.78, 5) is 24.2. The van der Waals surface area contributed by atoms with Crippen molar-refractivity contribution in [2.45, 2.75) is 13.8 Å². The van der Waals surface area contributed by atoms with Gasteiger partial charge in [0.2, 0.25) is 0 Å². The molecular weight excluding hydrogens is 308 g/mol. The lowest BCUT2D eigenvalue weighted by Gasteiger charge is -2.13. The highest BCUT2D eigenvalue weighted by molar-refractivity contribution is 6.43. The van der Waals surface area contributed by atoms with Crippen LogP contribution in [0.15, 0.2) is 36.4 Å². The number of hydrogen-bond donors (Lipinski definition) is 2. The number of amides is 2. The van der Waals surface area contributed by atoms with Gasteiger partial charge < -0.3 is 20.1 Å². The van der Waals surface area contributed by atoms with Gasteiger partial charge in [0.15, 0.2) is 0 Å². The smallest absolute Gasteiger partial charge is 0.314 e. The van der Waals surface area contributed by atoms with E-state index in [0.29, 0.717) is 22.9 Å². The van der Waals surface area contributed by atoms with Gasteiger partial charge in [0.1, 0.15) is 11.5 Å². The van der Waals surface area contributed by atoms with Crippen molar-refractivity contribution in [2.24, 2.45) is 0 Å². The molecule has 0 aliphatic carbocycles. The van der Waals surface area contributed by atoms with Gasteiger partial charge in [0, 0.05) is 11.8 Å². The predicted molar refractivity (Wildman–Crippen MR) is 92.7 cm³/mol. The van der Waals surface area contributed by atoms with Crippen molar-refractivity contribution in [1.82, 2.24) is 0 Å². The first kappa shape index (κ1) is 17.3. The summed E-state index contributed by atoms with van der Waals surface area (Å²) in [6.45, 7) is 3.82. The molecule has 0 aliphatic heterocycles. The van der Waals surface area contributed by atoms with Crippen molar-refractivity contribution in [3.63, 3.8) is 0 Å². The summed E-state index contributed by atoms with van der Waals surface area (Å²) in [5.74, 6) is -0.534. The largest absolute Gasteiger partial charge is 0.497 e. The maximum atomic E-state index is 12.1. The van der Waals surface area contributed by atoms with Crippen LogP contribution in [0.25, 0.3) is 0 Å². The van der Waals surface area contributed by atoms with Crippen LogP contribution in [0.4, 0.5) is 11.4 Å². The first-order valence-electron chi connectivity index (χ1n) is 7.37. The molecule has 0 spiro atoms. The molecule has 2 amide bonds. The van der Waals surface area contributed by atoms with Gasteiger partial charge >= 0.3 is 11.8 Å². The maximum Gasteiger partial charge on any atom is 0.314 e. The van der Waals surface area contributed by atoms with Crippen LogP contribution in [0.3, 0.4) is 0 Å². The molecular formula is C18H20N2O4. The third-order valence-corrected chi connectivity index (χ3v) is 3.72. The molecule has 2 N–H and O–H groups in total. The molecule has 0 saturated carbocycles. The van der Waals surface area contributed by atoms with Crippen molar-refractivity contribution < 1.29 is 19.1 Å². The van der Waals surface area contributed by atoms with E-state index in [9.17, 15) is 9.59 Å². The van der Waals surface area contributed by atoms with Crippen LogP contribution in [0.5, 0.6) is 11.5 Å². The Morgan fingerprint density at radius 1 is 0.875 bits per heavy atom. The van der Waals surface area contributed by atoms with Gasteiger partial charge in [-0.2, -0.15) is 0 Å². The van der Waals surface area contributed by atoms with Gasteiger partial charge in [0.25, 0.3) is 0 Å². The number of benzene rings is 2.